The highest BCUT2D eigenvalue weighted by Gasteiger charge is 2.20. The van der Waals surface area contributed by atoms with Crippen molar-refractivity contribution in [2.45, 2.75) is 11.8 Å². The van der Waals surface area contributed by atoms with Crippen LogP contribution in [0.5, 0.6) is 0 Å². The summed E-state index contributed by atoms with van der Waals surface area (Å²) < 4.78 is 42.0. The molecule has 0 unspecified atom stereocenters. The number of nitro benzene ring substituents is 1. The molecule has 11 heteroatoms. The Hall–Kier alpha value is -3.50. The van der Waals surface area contributed by atoms with E-state index in [2.05, 4.69) is 10.0 Å². The molecule has 3 aromatic carbocycles. The lowest BCUT2D eigenvalue weighted by atomic mass is 10.2. The zero-order chi connectivity index (χ0) is 22.8. The summed E-state index contributed by atoms with van der Waals surface area (Å²) in [7, 11) is -4.25. The van der Waals surface area contributed by atoms with Gasteiger partial charge >= 0.3 is 0 Å². The van der Waals surface area contributed by atoms with Crippen LogP contribution in [0.25, 0.3) is 0 Å². The summed E-state index contributed by atoms with van der Waals surface area (Å²) in [6.07, 6.45) is 0. The van der Waals surface area contributed by atoms with E-state index in [0.29, 0.717) is 10.6 Å². The van der Waals surface area contributed by atoms with Gasteiger partial charge in [0.05, 0.1) is 21.2 Å². The number of nitro groups is 1. The Morgan fingerprint density at radius 1 is 1.06 bits per heavy atom. The first-order chi connectivity index (χ1) is 14.6. The molecule has 3 rings (SSSR count). The van der Waals surface area contributed by atoms with Crippen molar-refractivity contribution in [3.05, 3.63) is 92.7 Å². The van der Waals surface area contributed by atoms with E-state index in [4.69, 9.17) is 11.6 Å². The quantitative estimate of drug-likeness (QED) is 0.404. The maximum atomic E-state index is 14.5. The van der Waals surface area contributed by atoms with E-state index in [1.165, 1.54) is 24.3 Å². The first-order valence-corrected chi connectivity index (χ1v) is 10.6. The number of hydrogen-bond acceptors (Lipinski definition) is 5. The molecule has 160 valence electrons. The van der Waals surface area contributed by atoms with Crippen LogP contribution in [0.4, 0.5) is 21.5 Å². The van der Waals surface area contributed by atoms with Gasteiger partial charge in [0.2, 0.25) is 0 Å². The van der Waals surface area contributed by atoms with E-state index >= 15 is 0 Å². The number of carbonyl (C=O) groups is 1. The number of anilines is 2. The van der Waals surface area contributed by atoms with Gasteiger partial charge in [-0.1, -0.05) is 23.7 Å². The maximum absolute atomic E-state index is 14.5. The minimum absolute atomic E-state index is 0.00653. The molecule has 2 N–H and O–H groups in total. The second-order valence-corrected chi connectivity index (χ2v) is 8.59. The summed E-state index contributed by atoms with van der Waals surface area (Å²) >= 11 is 5.83. The molecule has 0 fully saturated rings. The van der Waals surface area contributed by atoms with Crippen LogP contribution >= 0.6 is 11.6 Å². The number of halogens is 2. The average molecular weight is 464 g/mol. The van der Waals surface area contributed by atoms with Crippen LogP contribution in [0.2, 0.25) is 5.02 Å². The Balaban J connectivity index is 1.84. The molecule has 1 amide bonds. The second-order valence-electron chi connectivity index (χ2n) is 6.47. The Bertz CT molecular complexity index is 1300. The summed E-state index contributed by atoms with van der Waals surface area (Å²) in [4.78, 5) is 22.1. The van der Waals surface area contributed by atoms with Crippen molar-refractivity contribution < 1.29 is 22.5 Å². The topological polar surface area (TPSA) is 118 Å². The molecule has 0 saturated heterocycles. The SMILES string of the molecule is Cc1ccc([N+](=O)[O-])cc1NS(=O)(=O)c1ccc(NC(=O)c2cccc(Cl)c2)c(F)c1. The summed E-state index contributed by atoms with van der Waals surface area (Å²) in [5.74, 6) is -1.60. The molecule has 0 aromatic heterocycles. The Labute approximate surface area is 181 Å². The lowest BCUT2D eigenvalue weighted by Gasteiger charge is -2.12. The number of benzene rings is 3. The van der Waals surface area contributed by atoms with Crippen LogP contribution in [0, 0.1) is 22.9 Å². The van der Waals surface area contributed by atoms with Crippen molar-refractivity contribution in [2.75, 3.05) is 10.0 Å². The highest BCUT2D eigenvalue weighted by Crippen LogP contribution is 2.26. The van der Waals surface area contributed by atoms with Crippen molar-refractivity contribution in [3.8, 4) is 0 Å². The molecular weight excluding hydrogens is 449 g/mol. The van der Waals surface area contributed by atoms with Gasteiger partial charge in [0.25, 0.3) is 21.6 Å². The first kappa shape index (κ1) is 22.2. The number of carbonyl (C=O) groups excluding carboxylic acids is 1. The van der Waals surface area contributed by atoms with Gasteiger partial charge < -0.3 is 5.32 Å². The molecule has 3 aromatic rings. The largest absolute Gasteiger partial charge is 0.319 e. The number of sulfonamides is 1. The Kier molecular flexibility index (Phi) is 6.23. The lowest BCUT2D eigenvalue weighted by Crippen LogP contribution is -2.16. The van der Waals surface area contributed by atoms with E-state index in [-0.39, 0.29) is 22.6 Å². The van der Waals surface area contributed by atoms with Crippen LogP contribution in [-0.2, 0) is 10.0 Å². The molecule has 0 spiro atoms. The van der Waals surface area contributed by atoms with E-state index in [1.807, 2.05) is 0 Å². The Morgan fingerprint density at radius 3 is 2.45 bits per heavy atom. The van der Waals surface area contributed by atoms with E-state index in [1.54, 1.807) is 19.1 Å². The van der Waals surface area contributed by atoms with Crippen LogP contribution < -0.4 is 10.0 Å². The number of rotatable bonds is 6. The van der Waals surface area contributed by atoms with Crippen molar-refractivity contribution in [3.63, 3.8) is 0 Å². The zero-order valence-electron chi connectivity index (χ0n) is 15.9. The molecule has 0 aliphatic carbocycles. The third-order valence-corrected chi connectivity index (χ3v) is 5.86. The number of hydrogen-bond donors (Lipinski definition) is 2. The lowest BCUT2D eigenvalue weighted by molar-refractivity contribution is -0.384. The third kappa shape index (κ3) is 5.16. The smallest absolute Gasteiger partial charge is 0.271 e. The van der Waals surface area contributed by atoms with E-state index < -0.39 is 31.6 Å². The summed E-state index contributed by atoms with van der Waals surface area (Å²) in [5, 5.41) is 13.6. The molecule has 0 bridgehead atoms. The van der Waals surface area contributed by atoms with Gasteiger partial charge in [0.15, 0.2) is 0 Å². The molecule has 8 nitrogen and oxygen atoms in total. The molecule has 0 atom stereocenters. The maximum Gasteiger partial charge on any atom is 0.271 e. The zero-order valence-corrected chi connectivity index (χ0v) is 17.5. The number of nitrogens with one attached hydrogen (secondary N) is 2. The number of amides is 1. The fourth-order valence-electron chi connectivity index (χ4n) is 2.63. The second kappa shape index (κ2) is 8.70. The molecule has 0 aliphatic rings. The fourth-order valence-corrected chi connectivity index (χ4v) is 3.95. The van der Waals surface area contributed by atoms with Gasteiger partial charge in [-0.2, -0.15) is 0 Å². The van der Waals surface area contributed by atoms with Gasteiger partial charge in [-0.3, -0.25) is 19.6 Å². The number of aryl methyl sites for hydroxylation is 1. The third-order valence-electron chi connectivity index (χ3n) is 4.26. The normalized spacial score (nSPS) is 11.1. The van der Waals surface area contributed by atoms with Gasteiger partial charge in [-0.05, 0) is 48.9 Å². The molecular formula is C20H15ClFN3O5S. The Morgan fingerprint density at radius 2 is 1.81 bits per heavy atom. The van der Waals surface area contributed by atoms with Gasteiger partial charge in [-0.25, -0.2) is 12.8 Å². The predicted molar refractivity (Wildman–Crippen MR) is 114 cm³/mol. The van der Waals surface area contributed by atoms with Crippen molar-refractivity contribution in [2.24, 2.45) is 0 Å². The number of nitrogens with zero attached hydrogens (tertiary/aromatic N) is 1. The summed E-state index contributed by atoms with van der Waals surface area (Å²) in [5.41, 5.74) is 0.114. The van der Waals surface area contributed by atoms with E-state index in [9.17, 15) is 27.7 Å². The highest BCUT2D eigenvalue weighted by molar-refractivity contribution is 7.92. The first-order valence-electron chi connectivity index (χ1n) is 8.71. The monoisotopic (exact) mass is 463 g/mol. The average Bonchev–Trinajstić information content (AvgIpc) is 2.70. The summed E-state index contributed by atoms with van der Waals surface area (Å²) in [6.45, 7) is 1.57. The predicted octanol–water partition coefficient (Wildman–Crippen LogP) is 4.75. The molecule has 31 heavy (non-hydrogen) atoms. The van der Waals surface area contributed by atoms with Crippen LogP contribution in [0.1, 0.15) is 15.9 Å². The molecule has 0 radical (unpaired) electrons. The molecule has 0 aliphatic heterocycles. The standard InChI is InChI=1S/C20H15ClFN3O5S/c1-12-5-6-15(25(27)28)10-19(12)24-31(29,30)16-7-8-18(17(22)11-16)23-20(26)13-3-2-4-14(21)9-13/h2-11,24H,1H3,(H,23,26). The number of non-ortho nitro benzene ring substituents is 1. The minimum atomic E-state index is -4.25. The van der Waals surface area contributed by atoms with Crippen molar-refractivity contribution in [1.82, 2.24) is 0 Å². The molecule has 0 saturated carbocycles. The minimum Gasteiger partial charge on any atom is -0.319 e. The van der Waals surface area contributed by atoms with Crippen molar-refractivity contribution in [1.29, 1.82) is 0 Å². The fraction of sp³-hybridized carbons (Fsp3) is 0.0500. The van der Waals surface area contributed by atoms with Crippen LogP contribution in [0.3, 0.4) is 0 Å². The van der Waals surface area contributed by atoms with Crippen LogP contribution in [0.15, 0.2) is 65.6 Å². The summed E-state index contributed by atoms with van der Waals surface area (Å²) in [6, 6.07) is 12.7. The van der Waals surface area contributed by atoms with Crippen LogP contribution in [-0.4, -0.2) is 19.2 Å². The highest BCUT2D eigenvalue weighted by atomic mass is 35.5. The van der Waals surface area contributed by atoms with Gasteiger partial charge in [-0.15, -0.1) is 0 Å². The van der Waals surface area contributed by atoms with E-state index in [0.717, 1.165) is 24.3 Å². The van der Waals surface area contributed by atoms with Gasteiger partial charge in [0, 0.05) is 22.7 Å². The molecule has 0 heterocycles. The van der Waals surface area contributed by atoms with Crippen molar-refractivity contribution >= 4 is 44.6 Å². The van der Waals surface area contributed by atoms with Gasteiger partial charge in [0.1, 0.15) is 5.82 Å².